The van der Waals surface area contributed by atoms with E-state index in [-0.39, 0.29) is 23.7 Å². The Morgan fingerprint density at radius 3 is 2.39 bits per heavy atom. The smallest absolute Gasteiger partial charge is 0.253 e. The number of methoxy groups -OCH3 is 1. The molecule has 6 nitrogen and oxygen atoms in total. The summed E-state index contributed by atoms with van der Waals surface area (Å²) in [4.78, 5) is 24.7. The van der Waals surface area contributed by atoms with Crippen LogP contribution in [-0.2, 0) is 14.3 Å². The Hall–Kier alpha value is -2.93. The molecule has 0 bridgehead atoms. The number of hydrogen-bond donors (Lipinski definition) is 3. The summed E-state index contributed by atoms with van der Waals surface area (Å²) in [5.74, 6) is -0.792. The molecule has 3 rings (SSSR count). The van der Waals surface area contributed by atoms with E-state index >= 15 is 0 Å². The number of halogens is 1. The normalized spacial score (nSPS) is 15.4. The van der Waals surface area contributed by atoms with Crippen LogP contribution in [-0.4, -0.2) is 31.1 Å². The van der Waals surface area contributed by atoms with Crippen LogP contribution in [0.1, 0.15) is 31.4 Å². The molecule has 2 unspecified atom stereocenters. The van der Waals surface area contributed by atoms with Crippen LogP contribution in [0.15, 0.2) is 48.5 Å². The van der Waals surface area contributed by atoms with Crippen LogP contribution in [0.3, 0.4) is 0 Å². The molecule has 1 aliphatic carbocycles. The van der Waals surface area contributed by atoms with Gasteiger partial charge in [0.25, 0.3) is 5.91 Å². The molecule has 148 valence electrons. The van der Waals surface area contributed by atoms with Crippen molar-refractivity contribution >= 4 is 23.2 Å². The summed E-state index contributed by atoms with van der Waals surface area (Å²) in [6.45, 7) is 1.66. The van der Waals surface area contributed by atoms with E-state index in [9.17, 15) is 14.0 Å². The van der Waals surface area contributed by atoms with E-state index in [0.29, 0.717) is 16.9 Å². The quantitative estimate of drug-likeness (QED) is 0.652. The highest BCUT2D eigenvalue weighted by Gasteiger charge is 2.28. The number of carbonyl (C=O) groups is 2. The molecule has 1 fully saturated rings. The van der Waals surface area contributed by atoms with E-state index in [1.807, 2.05) is 0 Å². The summed E-state index contributed by atoms with van der Waals surface area (Å²) in [5, 5.41) is 8.93. The molecule has 7 heteroatoms. The maximum atomic E-state index is 13.3. The Bertz CT molecular complexity index is 837. The number of carbonyl (C=O) groups excluding carboxylic acids is 2. The van der Waals surface area contributed by atoms with Crippen molar-refractivity contribution in [2.24, 2.45) is 0 Å². The van der Waals surface area contributed by atoms with Gasteiger partial charge in [-0.3, -0.25) is 9.59 Å². The van der Waals surface area contributed by atoms with Crippen molar-refractivity contribution in [2.45, 2.75) is 38.0 Å². The maximum Gasteiger partial charge on any atom is 0.253 e. The van der Waals surface area contributed by atoms with Gasteiger partial charge in [-0.25, -0.2) is 4.39 Å². The van der Waals surface area contributed by atoms with Gasteiger partial charge < -0.3 is 20.7 Å². The summed E-state index contributed by atoms with van der Waals surface area (Å²) in [5.41, 5.74) is 1.89. The predicted octanol–water partition coefficient (Wildman–Crippen LogP) is 3.23. The fraction of sp³-hybridized carbons (Fsp3) is 0.333. The van der Waals surface area contributed by atoms with Crippen molar-refractivity contribution in [2.75, 3.05) is 17.7 Å². The fourth-order valence-electron chi connectivity index (χ4n) is 2.67. The minimum atomic E-state index is -0.676. The van der Waals surface area contributed by atoms with Gasteiger partial charge in [0.1, 0.15) is 18.0 Å². The summed E-state index contributed by atoms with van der Waals surface area (Å²) < 4.78 is 18.3. The van der Waals surface area contributed by atoms with E-state index in [0.717, 1.165) is 12.8 Å². The fourth-order valence-corrected chi connectivity index (χ4v) is 2.67. The second-order valence-electron chi connectivity index (χ2n) is 6.86. The minimum absolute atomic E-state index is 0.170. The van der Waals surface area contributed by atoms with Crippen molar-refractivity contribution in [3.05, 3.63) is 59.9 Å². The van der Waals surface area contributed by atoms with Crippen molar-refractivity contribution in [3.8, 4) is 0 Å². The van der Waals surface area contributed by atoms with Crippen LogP contribution in [0, 0.1) is 5.82 Å². The minimum Gasteiger partial charge on any atom is -0.372 e. The van der Waals surface area contributed by atoms with Crippen LogP contribution in [0.25, 0.3) is 0 Å². The average molecular weight is 385 g/mol. The third-order valence-electron chi connectivity index (χ3n) is 4.55. The lowest BCUT2D eigenvalue weighted by Crippen LogP contribution is -2.34. The molecule has 2 amide bonds. The highest BCUT2D eigenvalue weighted by Crippen LogP contribution is 2.25. The van der Waals surface area contributed by atoms with Gasteiger partial charge in [0, 0.05) is 24.5 Å². The first-order chi connectivity index (χ1) is 13.5. The highest BCUT2D eigenvalue weighted by molar-refractivity contribution is 5.94. The molecule has 0 spiro atoms. The van der Waals surface area contributed by atoms with Gasteiger partial charge in [0.2, 0.25) is 5.91 Å². The number of nitrogens with one attached hydrogen (secondary N) is 3. The number of rotatable bonds is 8. The van der Waals surface area contributed by atoms with Crippen LogP contribution in [0.4, 0.5) is 15.8 Å². The number of amides is 2. The predicted molar refractivity (Wildman–Crippen MR) is 105 cm³/mol. The summed E-state index contributed by atoms with van der Waals surface area (Å²) in [6, 6.07) is 12.4. The largest absolute Gasteiger partial charge is 0.372 e. The van der Waals surface area contributed by atoms with Crippen LogP contribution in [0.5, 0.6) is 0 Å². The Morgan fingerprint density at radius 1 is 1.07 bits per heavy atom. The Kier molecular flexibility index (Phi) is 6.26. The molecule has 2 aromatic carbocycles. The number of anilines is 2. The molecule has 0 aromatic heterocycles. The molecule has 2 atom stereocenters. The van der Waals surface area contributed by atoms with E-state index in [2.05, 4.69) is 16.0 Å². The summed E-state index contributed by atoms with van der Waals surface area (Å²) in [6.07, 6.45) is 1.37. The lowest BCUT2D eigenvalue weighted by Gasteiger charge is -2.20. The van der Waals surface area contributed by atoms with Crippen LogP contribution >= 0.6 is 0 Å². The first-order valence-electron chi connectivity index (χ1n) is 9.22. The SMILES string of the molecule is COC(C)C(=O)Nc1cccc(NC(C(=O)NC2CC2)c2ccc(F)cc2)c1. The van der Waals surface area contributed by atoms with E-state index < -0.39 is 12.1 Å². The second-order valence-corrected chi connectivity index (χ2v) is 6.86. The van der Waals surface area contributed by atoms with Gasteiger partial charge in [0.15, 0.2) is 0 Å². The van der Waals surface area contributed by atoms with E-state index in [1.165, 1.54) is 19.2 Å². The lowest BCUT2D eigenvalue weighted by molar-refractivity contribution is -0.124. The van der Waals surface area contributed by atoms with Gasteiger partial charge in [-0.1, -0.05) is 18.2 Å². The van der Waals surface area contributed by atoms with Crippen LogP contribution < -0.4 is 16.0 Å². The lowest BCUT2D eigenvalue weighted by atomic mass is 10.1. The van der Waals surface area contributed by atoms with Gasteiger partial charge in [0.05, 0.1) is 0 Å². The van der Waals surface area contributed by atoms with Crippen molar-refractivity contribution < 1.29 is 18.7 Å². The molecule has 0 radical (unpaired) electrons. The summed E-state index contributed by atoms with van der Waals surface area (Å²) in [7, 11) is 1.47. The molecular formula is C21H24FN3O3. The van der Waals surface area contributed by atoms with Crippen molar-refractivity contribution in [1.82, 2.24) is 5.32 Å². The molecule has 1 aliphatic rings. The van der Waals surface area contributed by atoms with E-state index in [1.54, 1.807) is 43.3 Å². The van der Waals surface area contributed by atoms with Crippen molar-refractivity contribution in [3.63, 3.8) is 0 Å². The first-order valence-corrected chi connectivity index (χ1v) is 9.22. The van der Waals surface area contributed by atoms with Gasteiger partial charge in [-0.2, -0.15) is 0 Å². The Morgan fingerprint density at radius 2 is 1.75 bits per heavy atom. The standard InChI is InChI=1S/C21H24FN3O3/c1-13(28-2)20(26)25-18-5-3-4-17(12-18)23-19(21(27)24-16-10-11-16)14-6-8-15(22)9-7-14/h3-9,12-13,16,19,23H,10-11H2,1-2H3,(H,24,27)(H,25,26). The third-order valence-corrected chi connectivity index (χ3v) is 4.55. The van der Waals surface area contributed by atoms with E-state index in [4.69, 9.17) is 4.74 Å². The van der Waals surface area contributed by atoms with Gasteiger partial charge in [-0.05, 0) is 55.7 Å². The maximum absolute atomic E-state index is 13.3. The van der Waals surface area contributed by atoms with Gasteiger partial charge >= 0.3 is 0 Å². The second kappa shape index (κ2) is 8.84. The molecule has 0 aliphatic heterocycles. The van der Waals surface area contributed by atoms with Crippen LogP contribution in [0.2, 0.25) is 0 Å². The molecular weight excluding hydrogens is 361 g/mol. The number of hydrogen-bond acceptors (Lipinski definition) is 4. The molecule has 1 saturated carbocycles. The third kappa shape index (κ3) is 5.29. The number of ether oxygens (including phenoxy) is 1. The molecule has 28 heavy (non-hydrogen) atoms. The molecule has 2 aromatic rings. The molecule has 0 heterocycles. The van der Waals surface area contributed by atoms with Crippen molar-refractivity contribution in [1.29, 1.82) is 0 Å². The summed E-state index contributed by atoms with van der Waals surface area (Å²) >= 11 is 0. The zero-order valence-corrected chi connectivity index (χ0v) is 15.9. The number of benzene rings is 2. The topological polar surface area (TPSA) is 79.5 Å². The first kappa shape index (κ1) is 19.8. The average Bonchev–Trinajstić information content (AvgIpc) is 3.50. The zero-order valence-electron chi connectivity index (χ0n) is 15.9. The van der Waals surface area contributed by atoms with Gasteiger partial charge in [-0.15, -0.1) is 0 Å². The molecule has 3 N–H and O–H groups in total. The highest BCUT2D eigenvalue weighted by atomic mass is 19.1. The zero-order chi connectivity index (χ0) is 20.1. The molecule has 0 saturated heterocycles. The monoisotopic (exact) mass is 385 g/mol. The Labute approximate surface area is 163 Å². The Balaban J connectivity index is 1.78.